The van der Waals surface area contributed by atoms with Crippen LogP contribution in [0.2, 0.25) is 10.0 Å². The largest absolute Gasteiger partial charge is 0.390 e. The number of nitrogens with zero attached hydrogens (tertiary/aromatic N) is 1. The van der Waals surface area contributed by atoms with Gasteiger partial charge in [-0.1, -0.05) is 35.3 Å². The third kappa shape index (κ3) is 4.18. The van der Waals surface area contributed by atoms with Crippen LogP contribution >= 0.6 is 35.6 Å². The van der Waals surface area contributed by atoms with Crippen molar-refractivity contribution in [2.75, 3.05) is 32.8 Å². The fraction of sp³-hybridized carbons (Fsp3) is 0.538. The first kappa shape index (κ1) is 18.9. The van der Waals surface area contributed by atoms with Gasteiger partial charge in [0.05, 0.1) is 10.0 Å². The lowest BCUT2D eigenvalue weighted by atomic mass is 9.98. The fourth-order valence-corrected chi connectivity index (χ4v) is 2.86. The predicted molar refractivity (Wildman–Crippen MR) is 82.9 cm³/mol. The number of alkyl halides is 2. The van der Waals surface area contributed by atoms with Crippen molar-refractivity contribution in [2.45, 2.75) is 12.0 Å². The van der Waals surface area contributed by atoms with Crippen LogP contribution in [0, 0.1) is 0 Å². The standard InChI is InChI=1S/C13H16Cl2F2N2O.ClH/c14-10-3-1-2-9(11(10)15)12(13(16,17)8-20)19-6-4-18-5-7-19;/h1-3,12,18,20H,4-8H2;1H/t12-;/m1./s1. The lowest BCUT2D eigenvalue weighted by Gasteiger charge is -2.39. The first-order valence-electron chi connectivity index (χ1n) is 6.34. The second-order valence-corrected chi connectivity index (χ2v) is 5.54. The molecule has 1 aliphatic rings. The van der Waals surface area contributed by atoms with Crippen molar-refractivity contribution < 1.29 is 13.9 Å². The third-order valence-electron chi connectivity index (χ3n) is 3.40. The van der Waals surface area contributed by atoms with Crippen LogP contribution in [0.25, 0.3) is 0 Å². The number of piperazine rings is 1. The van der Waals surface area contributed by atoms with Crippen molar-refractivity contribution in [2.24, 2.45) is 0 Å². The summed E-state index contributed by atoms with van der Waals surface area (Å²) in [5.74, 6) is -3.29. The highest BCUT2D eigenvalue weighted by Crippen LogP contribution is 2.41. The molecule has 0 radical (unpaired) electrons. The minimum absolute atomic E-state index is 0. The molecule has 1 saturated heterocycles. The van der Waals surface area contributed by atoms with Crippen LogP contribution in [0.3, 0.4) is 0 Å². The van der Waals surface area contributed by atoms with Crippen molar-refractivity contribution in [1.29, 1.82) is 0 Å². The molecule has 1 atom stereocenters. The van der Waals surface area contributed by atoms with E-state index in [9.17, 15) is 8.78 Å². The molecule has 120 valence electrons. The van der Waals surface area contributed by atoms with Gasteiger partial charge in [-0.05, 0) is 11.6 Å². The lowest BCUT2D eigenvalue weighted by Crippen LogP contribution is -2.51. The molecule has 3 nitrogen and oxygen atoms in total. The van der Waals surface area contributed by atoms with Gasteiger partial charge in [0.15, 0.2) is 0 Å². The molecule has 2 rings (SSSR count). The van der Waals surface area contributed by atoms with Crippen LogP contribution in [0.1, 0.15) is 11.6 Å². The number of nitrogens with one attached hydrogen (secondary N) is 1. The van der Waals surface area contributed by atoms with Crippen LogP contribution in [0.15, 0.2) is 18.2 Å². The van der Waals surface area contributed by atoms with E-state index in [2.05, 4.69) is 5.32 Å². The molecule has 0 spiro atoms. The quantitative estimate of drug-likeness (QED) is 0.865. The molecular formula is C13H17Cl3F2N2O. The second kappa shape index (κ2) is 7.90. The molecular weight excluding hydrogens is 345 g/mol. The molecule has 0 aromatic heterocycles. The van der Waals surface area contributed by atoms with E-state index < -0.39 is 18.6 Å². The minimum atomic E-state index is -3.29. The van der Waals surface area contributed by atoms with Gasteiger partial charge in [0.2, 0.25) is 0 Å². The van der Waals surface area contributed by atoms with E-state index in [0.29, 0.717) is 26.2 Å². The Labute approximate surface area is 138 Å². The number of hydrogen-bond donors (Lipinski definition) is 2. The zero-order valence-corrected chi connectivity index (χ0v) is 13.5. The van der Waals surface area contributed by atoms with Crippen LogP contribution in [-0.2, 0) is 0 Å². The third-order valence-corrected chi connectivity index (χ3v) is 4.24. The highest BCUT2D eigenvalue weighted by Gasteiger charge is 2.45. The topological polar surface area (TPSA) is 35.5 Å². The van der Waals surface area contributed by atoms with Crippen LogP contribution < -0.4 is 5.32 Å². The summed E-state index contributed by atoms with van der Waals surface area (Å²) < 4.78 is 28.4. The van der Waals surface area contributed by atoms with E-state index in [1.165, 1.54) is 6.07 Å². The van der Waals surface area contributed by atoms with Gasteiger partial charge in [0.25, 0.3) is 5.92 Å². The maximum Gasteiger partial charge on any atom is 0.289 e. The number of aliphatic hydroxyl groups excluding tert-OH is 1. The molecule has 0 amide bonds. The lowest BCUT2D eigenvalue weighted by molar-refractivity contribution is -0.118. The SMILES string of the molecule is Cl.OCC(F)(F)[C@@H](c1cccc(Cl)c1Cl)N1CCNCC1. The van der Waals surface area contributed by atoms with E-state index in [-0.39, 0.29) is 28.0 Å². The summed E-state index contributed by atoms with van der Waals surface area (Å²) in [4.78, 5) is 1.63. The summed E-state index contributed by atoms with van der Waals surface area (Å²) in [6.45, 7) is 0.934. The average Bonchev–Trinajstić information content (AvgIpc) is 2.45. The summed E-state index contributed by atoms with van der Waals surface area (Å²) in [6.07, 6.45) is 0. The smallest absolute Gasteiger partial charge is 0.289 e. The zero-order chi connectivity index (χ0) is 14.8. The van der Waals surface area contributed by atoms with Gasteiger partial charge in [-0.3, -0.25) is 4.90 Å². The molecule has 1 aliphatic heterocycles. The van der Waals surface area contributed by atoms with Crippen molar-refractivity contribution in [1.82, 2.24) is 10.2 Å². The maximum absolute atomic E-state index is 14.2. The summed E-state index contributed by atoms with van der Waals surface area (Å²) in [5.41, 5.74) is 0.250. The molecule has 1 heterocycles. The van der Waals surface area contributed by atoms with Gasteiger partial charge < -0.3 is 10.4 Å². The normalized spacial score (nSPS) is 18.1. The highest BCUT2D eigenvalue weighted by atomic mass is 35.5. The molecule has 0 bridgehead atoms. The van der Waals surface area contributed by atoms with Crippen molar-refractivity contribution in [3.63, 3.8) is 0 Å². The average molecular weight is 362 g/mol. The van der Waals surface area contributed by atoms with E-state index in [1.54, 1.807) is 17.0 Å². The Kier molecular flexibility index (Phi) is 7.10. The van der Waals surface area contributed by atoms with E-state index in [1.807, 2.05) is 0 Å². The molecule has 1 fully saturated rings. The minimum Gasteiger partial charge on any atom is -0.390 e. The molecule has 8 heteroatoms. The Morgan fingerprint density at radius 1 is 1.29 bits per heavy atom. The van der Waals surface area contributed by atoms with E-state index in [0.717, 1.165) is 0 Å². The van der Waals surface area contributed by atoms with Crippen molar-refractivity contribution >= 4 is 35.6 Å². The number of hydrogen-bond acceptors (Lipinski definition) is 3. The molecule has 21 heavy (non-hydrogen) atoms. The fourth-order valence-electron chi connectivity index (χ4n) is 2.45. The van der Waals surface area contributed by atoms with E-state index in [4.69, 9.17) is 28.3 Å². The van der Waals surface area contributed by atoms with Gasteiger partial charge in [-0.15, -0.1) is 12.4 Å². The second-order valence-electron chi connectivity index (χ2n) is 4.75. The van der Waals surface area contributed by atoms with Crippen LogP contribution in [0.5, 0.6) is 0 Å². The molecule has 1 aromatic rings. The molecule has 2 N–H and O–H groups in total. The first-order chi connectivity index (χ1) is 9.47. The Morgan fingerprint density at radius 3 is 2.48 bits per heavy atom. The summed E-state index contributed by atoms with van der Waals surface area (Å²) in [6, 6.07) is 3.40. The number of halogens is 5. The van der Waals surface area contributed by atoms with Gasteiger partial charge in [0, 0.05) is 26.2 Å². The number of aliphatic hydroxyl groups is 1. The van der Waals surface area contributed by atoms with Gasteiger partial charge in [-0.2, -0.15) is 0 Å². The Morgan fingerprint density at radius 2 is 1.90 bits per heavy atom. The Bertz CT molecular complexity index is 471. The number of benzene rings is 1. The zero-order valence-electron chi connectivity index (χ0n) is 11.2. The van der Waals surface area contributed by atoms with E-state index >= 15 is 0 Å². The summed E-state index contributed by atoms with van der Waals surface area (Å²) in [5, 5.41) is 12.5. The first-order valence-corrected chi connectivity index (χ1v) is 7.10. The monoisotopic (exact) mass is 360 g/mol. The number of rotatable bonds is 4. The van der Waals surface area contributed by atoms with Gasteiger partial charge >= 0.3 is 0 Å². The summed E-state index contributed by atoms with van der Waals surface area (Å²) in [7, 11) is 0. The maximum atomic E-state index is 14.2. The van der Waals surface area contributed by atoms with Crippen LogP contribution in [0.4, 0.5) is 8.78 Å². The van der Waals surface area contributed by atoms with Crippen molar-refractivity contribution in [3.05, 3.63) is 33.8 Å². The summed E-state index contributed by atoms with van der Waals surface area (Å²) >= 11 is 12.0. The molecule has 0 saturated carbocycles. The van der Waals surface area contributed by atoms with Crippen LogP contribution in [-0.4, -0.2) is 48.7 Å². The highest BCUT2D eigenvalue weighted by molar-refractivity contribution is 6.42. The molecule has 0 unspecified atom stereocenters. The van der Waals surface area contributed by atoms with Gasteiger partial charge in [0.1, 0.15) is 12.6 Å². The molecule has 0 aliphatic carbocycles. The molecule has 1 aromatic carbocycles. The van der Waals surface area contributed by atoms with Gasteiger partial charge in [-0.25, -0.2) is 8.78 Å². The Hall–Kier alpha value is -0.170. The van der Waals surface area contributed by atoms with Crippen molar-refractivity contribution in [3.8, 4) is 0 Å². The predicted octanol–water partition coefficient (Wildman–Crippen LogP) is 2.99. The Balaban J connectivity index is 0.00000220.